The molecule has 0 amide bonds. The van der Waals surface area contributed by atoms with Crippen molar-refractivity contribution in [3.63, 3.8) is 0 Å². The third kappa shape index (κ3) is 8.77. The van der Waals surface area contributed by atoms with Crippen LogP contribution < -0.4 is 26.5 Å². The highest BCUT2D eigenvalue weighted by atomic mass is 31.1. The average Bonchev–Trinajstić information content (AvgIpc) is 1.57. The van der Waals surface area contributed by atoms with Gasteiger partial charge in [-0.3, -0.25) is 4.98 Å². The molecule has 0 spiro atoms. The highest BCUT2D eigenvalue weighted by Crippen LogP contribution is 2.61. The Morgan fingerprint density at radius 3 is 1.07 bits per heavy atom. The molecule has 2 nitrogen and oxygen atoms in total. The van der Waals surface area contributed by atoms with Crippen molar-refractivity contribution in [2.45, 2.75) is 20.8 Å². The number of hydrogen-bond donors (Lipinski definition) is 1. The average molecular weight is 1200 g/mol. The molecule has 1 aromatic heterocycles. The van der Waals surface area contributed by atoms with Crippen LogP contribution in [0.15, 0.2) is 303 Å². The van der Waals surface area contributed by atoms with E-state index in [1.807, 2.05) is 12.4 Å². The normalized spacial score (nSPS) is 12.5. The van der Waals surface area contributed by atoms with E-state index >= 15 is 0 Å². The molecule has 0 fully saturated rings. The summed E-state index contributed by atoms with van der Waals surface area (Å²) in [6, 6.07) is 105. The molecule has 0 radical (unpaired) electrons. The largest absolute Gasteiger partial charge is 0.308 e. The van der Waals surface area contributed by atoms with Crippen LogP contribution in [0.25, 0.3) is 143 Å². The number of rotatable bonds is 12. The van der Waals surface area contributed by atoms with E-state index in [9.17, 15) is 0 Å². The van der Waals surface area contributed by atoms with Crippen LogP contribution in [0.4, 0.5) is 0 Å². The van der Waals surface area contributed by atoms with Crippen molar-refractivity contribution in [2.24, 2.45) is 0 Å². The summed E-state index contributed by atoms with van der Waals surface area (Å²) < 4.78 is 0. The van der Waals surface area contributed by atoms with Crippen molar-refractivity contribution in [2.75, 3.05) is 0 Å². The van der Waals surface area contributed by atoms with Crippen molar-refractivity contribution >= 4 is 91.7 Å². The second-order valence-electron chi connectivity index (χ2n) is 24.1. The fourth-order valence-corrected chi connectivity index (χ4v) is 19.8. The predicted octanol–water partition coefficient (Wildman–Crippen LogP) is 21.7. The minimum Gasteiger partial charge on any atom is -0.308 e. The van der Waals surface area contributed by atoms with E-state index in [2.05, 4.69) is 311 Å². The lowest BCUT2D eigenvalue weighted by Crippen LogP contribution is -2.21. The smallest absolute Gasteiger partial charge is 0.0274 e. The van der Waals surface area contributed by atoms with E-state index in [1.54, 1.807) is 6.21 Å². The van der Waals surface area contributed by atoms with Gasteiger partial charge in [0.2, 0.25) is 0 Å². The van der Waals surface area contributed by atoms with Crippen molar-refractivity contribution in [3.05, 3.63) is 314 Å². The van der Waals surface area contributed by atoms with Crippen LogP contribution in [0.3, 0.4) is 0 Å². The molecule has 2 aliphatic carbocycles. The maximum Gasteiger partial charge on any atom is 0.0274 e. The third-order valence-electron chi connectivity index (χ3n) is 19.0. The Hall–Kier alpha value is -10.5. The number of nitrogens with one attached hydrogen (secondary N) is 1. The zero-order valence-corrected chi connectivity index (χ0v) is 52.5. The van der Waals surface area contributed by atoms with Gasteiger partial charge in [0.15, 0.2) is 0 Å². The van der Waals surface area contributed by atoms with Crippen LogP contribution in [0, 0.1) is 19.3 Å². The van der Waals surface area contributed by atoms with E-state index in [-0.39, 0.29) is 0 Å². The van der Waals surface area contributed by atoms with Crippen LogP contribution in [0.1, 0.15) is 18.1 Å². The van der Waals surface area contributed by atoms with Gasteiger partial charge in [0.25, 0.3) is 0 Å². The van der Waals surface area contributed by atoms with Crippen LogP contribution in [0.5, 0.6) is 0 Å². The summed E-state index contributed by atoms with van der Waals surface area (Å²) in [5, 5.41) is 26.3. The molecule has 2 aliphatic rings. The van der Waals surface area contributed by atoms with E-state index in [0.29, 0.717) is 0 Å². The van der Waals surface area contributed by atoms with Crippen LogP contribution in [-0.2, 0) is 0 Å². The van der Waals surface area contributed by atoms with E-state index in [4.69, 9.17) is 5.41 Å². The first kappa shape index (κ1) is 54.7. The van der Waals surface area contributed by atoms with Crippen LogP contribution in [-0.4, -0.2) is 11.2 Å². The fourth-order valence-electron chi connectivity index (χ4n) is 15.0. The number of hydrogen-bond acceptors (Lipinski definition) is 2. The van der Waals surface area contributed by atoms with E-state index in [0.717, 1.165) is 5.31 Å². The highest BCUT2D eigenvalue weighted by molar-refractivity contribution is 7.80. The lowest BCUT2D eigenvalue weighted by Gasteiger charge is -2.22. The Morgan fingerprint density at radius 2 is 0.659 bits per heavy atom. The van der Waals surface area contributed by atoms with Gasteiger partial charge < -0.3 is 5.41 Å². The van der Waals surface area contributed by atoms with Gasteiger partial charge in [0.1, 0.15) is 0 Å². The molecule has 1 atom stereocenters. The van der Waals surface area contributed by atoms with E-state index in [1.165, 1.54) is 181 Å². The van der Waals surface area contributed by atoms with Gasteiger partial charge in [0.05, 0.1) is 0 Å². The third-order valence-corrected chi connectivity index (χ3v) is 24.1. The quantitative estimate of drug-likeness (QED) is 0.0961. The number of allylic oxidation sites excluding steroid dienone is 2. The molecule has 428 valence electrons. The minimum absolute atomic E-state index is 0.877. The SMILES string of the molecule is C/C=C(\C=N)P(c1ccncc1)c1ccc2c3c(cccc13)-c1c-2c(-c2ccc(-c3ccc(-c4c5c(c(-c6ccccc6)c6ccccc46)-c4ccc(P(c6ccc(C)cc6)c6ccc(C)cc6)c6cccc-5c46)cc3)cc2)c2ccccc2c1-c1ccccc1. The van der Waals surface area contributed by atoms with Gasteiger partial charge in [-0.15, -0.1) is 0 Å². The molecule has 1 heterocycles. The Morgan fingerprint density at radius 1 is 0.308 bits per heavy atom. The van der Waals surface area contributed by atoms with Crippen LogP contribution in [0.2, 0.25) is 0 Å². The summed E-state index contributed by atoms with van der Waals surface area (Å²) >= 11 is 0. The van der Waals surface area contributed by atoms with Crippen molar-refractivity contribution in [1.29, 1.82) is 5.41 Å². The molecule has 1 N–H and O–H groups in total. The summed E-state index contributed by atoms with van der Waals surface area (Å²) in [7, 11) is -1.92. The first-order valence-electron chi connectivity index (χ1n) is 31.4. The number of aryl methyl sites for hydroxylation is 2. The second-order valence-corrected chi connectivity index (χ2v) is 28.5. The molecule has 0 saturated carbocycles. The van der Waals surface area contributed by atoms with Crippen molar-refractivity contribution in [3.8, 4) is 100 Å². The lowest BCUT2D eigenvalue weighted by molar-refractivity contribution is 1.34. The molecule has 91 heavy (non-hydrogen) atoms. The number of benzene rings is 14. The summed E-state index contributed by atoms with van der Waals surface area (Å²) in [6.45, 7) is 6.42. The van der Waals surface area contributed by atoms with Crippen molar-refractivity contribution in [1.82, 2.24) is 4.98 Å². The van der Waals surface area contributed by atoms with Crippen LogP contribution >= 0.6 is 15.8 Å². The van der Waals surface area contributed by atoms with Crippen molar-refractivity contribution < 1.29 is 0 Å². The molecule has 14 aromatic carbocycles. The molecule has 17 rings (SSSR count). The molecular formula is C87H60N2P2. The first-order valence-corrected chi connectivity index (χ1v) is 34.0. The van der Waals surface area contributed by atoms with Gasteiger partial charge in [0, 0.05) is 18.6 Å². The Bertz CT molecular complexity index is 5420. The maximum atomic E-state index is 8.63. The molecule has 1 unspecified atom stereocenters. The maximum absolute atomic E-state index is 8.63. The number of nitrogens with zero attached hydrogens (tertiary/aromatic N) is 1. The standard InChI is InChI=1S/C87H60N2P2/c1-4-62(53-88)90(65-49-51-89-52-50-65)76-47-45-75-82-70(76)25-15-27-72(82)84-78(58-17-7-5-8-18-58)66-21-11-14-24-69(66)81(87(75)84)61-39-35-57(36-40-61)56-33-37-60(38-34-56)80-68-23-13-12-22-67(68)79(59-19-9-6-10-20-59)86-74-46-48-77(71-26-16-28-73(83(71)74)85(80)86)91(63-41-29-54(2)30-42-63)64-43-31-55(3)32-44-64/h4-53,88H,1-3H3/b62-4+,88-53?. The Labute approximate surface area is 533 Å². The highest BCUT2D eigenvalue weighted by Gasteiger charge is 2.35. The molecule has 15 aromatic rings. The van der Waals surface area contributed by atoms with Gasteiger partial charge in [-0.2, -0.15) is 0 Å². The minimum atomic E-state index is -1.04. The molecular weight excluding hydrogens is 1130 g/mol. The summed E-state index contributed by atoms with van der Waals surface area (Å²) in [4.78, 5) is 4.40. The molecule has 0 saturated heterocycles. The number of aromatic nitrogens is 1. The molecule has 4 heteroatoms. The monoisotopic (exact) mass is 1190 g/mol. The summed E-state index contributed by atoms with van der Waals surface area (Å²) in [6.07, 6.45) is 7.41. The second kappa shape index (κ2) is 22.2. The molecule has 0 bridgehead atoms. The van der Waals surface area contributed by atoms with Gasteiger partial charge >= 0.3 is 0 Å². The topological polar surface area (TPSA) is 36.7 Å². The zero-order valence-electron chi connectivity index (χ0n) is 50.7. The fraction of sp³-hybridized carbons (Fsp3) is 0.0345. The molecule has 0 aliphatic heterocycles. The predicted molar refractivity (Wildman–Crippen MR) is 394 cm³/mol. The summed E-state index contributed by atoms with van der Waals surface area (Å²) in [5.41, 5.74) is 25.0. The van der Waals surface area contributed by atoms with E-state index < -0.39 is 15.8 Å². The summed E-state index contributed by atoms with van der Waals surface area (Å²) in [5.74, 6) is 0. The first-order chi connectivity index (χ1) is 44.9. The van der Waals surface area contributed by atoms with Gasteiger partial charge in [-0.1, -0.05) is 284 Å². The Balaban J connectivity index is 0.814. The number of pyridine rings is 1. The Kier molecular flexibility index (Phi) is 13.4. The zero-order chi connectivity index (χ0) is 60.8. The van der Waals surface area contributed by atoms with Gasteiger partial charge in [-0.05, 0) is 224 Å². The van der Waals surface area contributed by atoms with Gasteiger partial charge in [-0.25, -0.2) is 0 Å². The lowest BCUT2D eigenvalue weighted by atomic mass is 9.82. The number of fused-ring (bicyclic) bond motifs is 8.